The molecule has 0 bridgehead atoms. The summed E-state index contributed by atoms with van der Waals surface area (Å²) in [6.45, 7) is 11.5. The molecule has 104 valence electrons. The van der Waals surface area contributed by atoms with Gasteiger partial charge in [0.15, 0.2) is 0 Å². The van der Waals surface area contributed by atoms with Crippen LogP contribution >= 0.6 is 11.3 Å². The molecule has 1 aromatic rings. The molecule has 1 aromatic heterocycles. The number of hydrogen-bond acceptors (Lipinski definition) is 3. The molecule has 2 N–H and O–H groups in total. The maximum Gasteiger partial charge on any atom is 0.0777 e. The second kappa shape index (κ2) is 6.69. The summed E-state index contributed by atoms with van der Waals surface area (Å²) in [6.07, 6.45) is 2.12. The number of hydrogen-bond donors (Lipinski definition) is 1. The van der Waals surface area contributed by atoms with Crippen LogP contribution in [0.3, 0.4) is 0 Å². The van der Waals surface area contributed by atoms with Gasteiger partial charge in [0.2, 0.25) is 0 Å². The van der Waals surface area contributed by atoms with E-state index in [0.29, 0.717) is 0 Å². The van der Waals surface area contributed by atoms with E-state index in [1.54, 1.807) is 0 Å². The summed E-state index contributed by atoms with van der Waals surface area (Å²) in [5.41, 5.74) is 6.44. The second-order valence-corrected chi connectivity index (χ2v) is 7.08. The zero-order valence-electron chi connectivity index (χ0n) is 12.3. The van der Waals surface area contributed by atoms with E-state index in [1.165, 1.54) is 9.75 Å². The van der Waals surface area contributed by atoms with Crippen LogP contribution in [-0.4, -0.2) is 18.8 Å². The molecule has 1 rings (SSSR count). The summed E-state index contributed by atoms with van der Waals surface area (Å²) in [6, 6.07) is 4.47. The van der Waals surface area contributed by atoms with Crippen LogP contribution in [0.15, 0.2) is 12.1 Å². The van der Waals surface area contributed by atoms with Gasteiger partial charge in [0.1, 0.15) is 0 Å². The number of thiophene rings is 1. The van der Waals surface area contributed by atoms with Crippen molar-refractivity contribution in [3.05, 3.63) is 21.9 Å². The molecule has 0 spiro atoms. The van der Waals surface area contributed by atoms with Crippen molar-refractivity contribution in [3.63, 3.8) is 0 Å². The van der Waals surface area contributed by atoms with E-state index in [0.717, 1.165) is 19.4 Å². The van der Waals surface area contributed by atoms with Crippen molar-refractivity contribution in [2.45, 2.75) is 59.6 Å². The topological polar surface area (TPSA) is 35.2 Å². The quantitative estimate of drug-likeness (QED) is 0.856. The van der Waals surface area contributed by atoms with E-state index in [4.69, 9.17) is 10.5 Å². The Balaban J connectivity index is 2.69. The van der Waals surface area contributed by atoms with Crippen LogP contribution in [0.25, 0.3) is 0 Å². The second-order valence-electron chi connectivity index (χ2n) is 5.83. The lowest BCUT2D eigenvalue weighted by Crippen LogP contribution is -2.46. The van der Waals surface area contributed by atoms with Gasteiger partial charge in [-0.1, -0.05) is 27.7 Å². The first-order valence-electron chi connectivity index (χ1n) is 6.83. The molecule has 0 saturated carbocycles. The molecule has 0 aliphatic heterocycles. The maximum absolute atomic E-state index is 6.35. The number of rotatable bonds is 6. The van der Waals surface area contributed by atoms with Gasteiger partial charge in [0.25, 0.3) is 0 Å². The molecule has 0 aliphatic carbocycles. The van der Waals surface area contributed by atoms with Crippen molar-refractivity contribution in [2.75, 3.05) is 6.61 Å². The van der Waals surface area contributed by atoms with Crippen molar-refractivity contribution in [2.24, 2.45) is 11.1 Å². The minimum Gasteiger partial charge on any atom is -0.376 e. The van der Waals surface area contributed by atoms with Crippen molar-refractivity contribution in [3.8, 4) is 0 Å². The summed E-state index contributed by atoms with van der Waals surface area (Å²) < 4.78 is 5.85. The predicted molar refractivity (Wildman–Crippen MR) is 80.2 cm³/mol. The van der Waals surface area contributed by atoms with Crippen LogP contribution in [0.5, 0.6) is 0 Å². The van der Waals surface area contributed by atoms with Crippen LogP contribution in [0.2, 0.25) is 0 Å². The average Bonchev–Trinajstić information content (AvgIpc) is 2.71. The minimum atomic E-state index is 0.0632. The first-order valence-corrected chi connectivity index (χ1v) is 7.64. The Morgan fingerprint density at radius 2 is 1.83 bits per heavy atom. The highest BCUT2D eigenvalue weighted by molar-refractivity contribution is 7.11. The third-order valence-corrected chi connectivity index (χ3v) is 4.34. The fourth-order valence-corrected chi connectivity index (χ4v) is 3.29. The smallest absolute Gasteiger partial charge is 0.0777 e. The van der Waals surface area contributed by atoms with E-state index in [9.17, 15) is 0 Å². The van der Waals surface area contributed by atoms with E-state index in [-0.39, 0.29) is 17.6 Å². The van der Waals surface area contributed by atoms with Gasteiger partial charge in [-0.15, -0.1) is 11.3 Å². The highest BCUT2D eigenvalue weighted by Crippen LogP contribution is 2.27. The number of aryl methyl sites for hydroxylation is 1. The molecule has 0 radical (unpaired) electrons. The fraction of sp³-hybridized carbons (Fsp3) is 0.733. The van der Waals surface area contributed by atoms with Crippen LogP contribution in [0, 0.1) is 5.41 Å². The van der Waals surface area contributed by atoms with Gasteiger partial charge in [-0.25, -0.2) is 0 Å². The molecule has 0 saturated heterocycles. The zero-order chi connectivity index (χ0) is 13.8. The molecular formula is C15H27NOS. The summed E-state index contributed by atoms with van der Waals surface area (Å²) in [4.78, 5) is 2.80. The van der Waals surface area contributed by atoms with E-state index >= 15 is 0 Å². The van der Waals surface area contributed by atoms with Crippen molar-refractivity contribution >= 4 is 11.3 Å². The summed E-state index contributed by atoms with van der Waals surface area (Å²) in [5, 5.41) is 0. The molecule has 0 aliphatic rings. The van der Waals surface area contributed by atoms with Gasteiger partial charge < -0.3 is 10.5 Å². The van der Waals surface area contributed by atoms with E-state index in [1.807, 2.05) is 18.3 Å². The van der Waals surface area contributed by atoms with Gasteiger partial charge in [-0.3, -0.25) is 0 Å². The number of ether oxygens (including phenoxy) is 1. The Morgan fingerprint density at radius 3 is 2.28 bits per heavy atom. The van der Waals surface area contributed by atoms with Crippen molar-refractivity contribution < 1.29 is 4.74 Å². The van der Waals surface area contributed by atoms with Gasteiger partial charge in [0.05, 0.1) is 6.10 Å². The lowest BCUT2D eigenvalue weighted by Gasteiger charge is -2.34. The molecule has 2 unspecified atom stereocenters. The first-order chi connectivity index (χ1) is 8.38. The minimum absolute atomic E-state index is 0.0632. The van der Waals surface area contributed by atoms with Crippen molar-refractivity contribution in [1.82, 2.24) is 0 Å². The number of nitrogens with two attached hydrogens (primary N) is 1. The van der Waals surface area contributed by atoms with Gasteiger partial charge in [-0.2, -0.15) is 0 Å². The molecule has 0 amide bonds. The van der Waals surface area contributed by atoms with Gasteiger partial charge in [0, 0.05) is 22.4 Å². The SMILES string of the molecule is CCOC(C(N)Cc1ccc(CC)s1)C(C)(C)C. The third kappa shape index (κ3) is 4.38. The summed E-state index contributed by atoms with van der Waals surface area (Å²) >= 11 is 1.87. The molecular weight excluding hydrogens is 242 g/mol. The predicted octanol–water partition coefficient (Wildman–Crippen LogP) is 3.63. The molecule has 18 heavy (non-hydrogen) atoms. The lowest BCUT2D eigenvalue weighted by molar-refractivity contribution is -0.0272. The fourth-order valence-electron chi connectivity index (χ4n) is 2.26. The Labute approximate surface area is 116 Å². The first kappa shape index (κ1) is 15.7. The third-order valence-electron chi connectivity index (χ3n) is 3.09. The normalized spacial score (nSPS) is 15.7. The lowest BCUT2D eigenvalue weighted by atomic mass is 9.83. The van der Waals surface area contributed by atoms with Crippen LogP contribution in [0.4, 0.5) is 0 Å². The standard InChI is InChI=1S/C15H27NOS/c1-6-11-8-9-12(18-11)10-13(16)14(17-7-2)15(3,4)5/h8-9,13-14H,6-7,10,16H2,1-5H3. The van der Waals surface area contributed by atoms with Gasteiger partial charge in [-0.05, 0) is 37.3 Å². The average molecular weight is 269 g/mol. The Bertz CT molecular complexity index is 354. The van der Waals surface area contributed by atoms with E-state index < -0.39 is 0 Å². The van der Waals surface area contributed by atoms with Gasteiger partial charge >= 0.3 is 0 Å². The maximum atomic E-state index is 6.35. The Kier molecular flexibility index (Phi) is 5.83. The molecule has 0 fully saturated rings. The van der Waals surface area contributed by atoms with Crippen molar-refractivity contribution in [1.29, 1.82) is 0 Å². The Hall–Kier alpha value is -0.380. The summed E-state index contributed by atoms with van der Waals surface area (Å²) in [7, 11) is 0. The highest BCUT2D eigenvalue weighted by Gasteiger charge is 2.31. The highest BCUT2D eigenvalue weighted by atomic mass is 32.1. The van der Waals surface area contributed by atoms with E-state index in [2.05, 4.69) is 39.8 Å². The van der Waals surface area contributed by atoms with Crippen LogP contribution in [0.1, 0.15) is 44.4 Å². The molecule has 3 heteroatoms. The molecule has 0 aromatic carbocycles. The zero-order valence-corrected chi connectivity index (χ0v) is 13.1. The van der Waals surface area contributed by atoms with Crippen LogP contribution in [-0.2, 0) is 17.6 Å². The molecule has 2 nitrogen and oxygen atoms in total. The largest absolute Gasteiger partial charge is 0.376 e. The molecule has 1 heterocycles. The monoisotopic (exact) mass is 269 g/mol. The molecule has 2 atom stereocenters. The summed E-state index contributed by atoms with van der Waals surface area (Å²) in [5.74, 6) is 0. The Morgan fingerprint density at radius 1 is 1.22 bits per heavy atom. The van der Waals surface area contributed by atoms with Crippen LogP contribution < -0.4 is 5.73 Å².